The molecule has 0 saturated carbocycles. The summed E-state index contributed by atoms with van der Waals surface area (Å²) in [6.45, 7) is 1.36. The summed E-state index contributed by atoms with van der Waals surface area (Å²) in [4.78, 5) is 1.33. The number of halogens is 3. The largest absolute Gasteiger partial charge is 0.401 e. The average molecular weight is 247 g/mol. The summed E-state index contributed by atoms with van der Waals surface area (Å²) in [6, 6.07) is 6.92. The summed E-state index contributed by atoms with van der Waals surface area (Å²) < 4.78 is 36.7. The molecule has 0 aliphatic carbocycles. The lowest BCUT2D eigenvalue weighted by Gasteiger charge is -2.21. The normalized spacial score (nSPS) is 12.1. The van der Waals surface area contributed by atoms with Crippen LogP contribution in [-0.2, 0) is 13.2 Å². The molecule has 0 spiro atoms. The summed E-state index contributed by atoms with van der Waals surface area (Å²) in [5.74, 6) is 0. The first-order valence-corrected chi connectivity index (χ1v) is 5.42. The minimum atomic E-state index is -4.17. The number of aliphatic hydroxyl groups is 1. The Morgan fingerprint density at radius 2 is 1.65 bits per heavy atom. The van der Waals surface area contributed by atoms with Crippen molar-refractivity contribution in [1.29, 1.82) is 0 Å². The number of rotatable bonds is 5. The quantitative estimate of drug-likeness (QED) is 0.864. The highest BCUT2D eigenvalue weighted by molar-refractivity contribution is 5.21. The maximum atomic E-state index is 12.2. The van der Waals surface area contributed by atoms with Crippen LogP contribution in [0.2, 0.25) is 0 Å². The molecule has 0 fully saturated rings. The first-order chi connectivity index (χ1) is 7.94. The van der Waals surface area contributed by atoms with Gasteiger partial charge >= 0.3 is 6.18 Å². The second kappa shape index (κ2) is 6.02. The van der Waals surface area contributed by atoms with E-state index in [2.05, 4.69) is 0 Å². The number of benzene rings is 1. The van der Waals surface area contributed by atoms with E-state index in [0.29, 0.717) is 6.54 Å². The second-order valence-electron chi connectivity index (χ2n) is 3.89. The predicted octanol–water partition coefficient (Wildman–Crippen LogP) is 2.56. The molecule has 5 heteroatoms. The molecule has 17 heavy (non-hydrogen) atoms. The highest BCUT2D eigenvalue weighted by Gasteiger charge is 2.29. The Labute approximate surface area is 98.7 Å². The Bertz CT molecular complexity index is 335. The van der Waals surface area contributed by atoms with Gasteiger partial charge in [-0.1, -0.05) is 31.2 Å². The van der Waals surface area contributed by atoms with Gasteiger partial charge in [-0.05, 0) is 17.7 Å². The van der Waals surface area contributed by atoms with Crippen LogP contribution in [0.15, 0.2) is 24.3 Å². The van der Waals surface area contributed by atoms with Crippen molar-refractivity contribution in [2.75, 3.05) is 13.1 Å². The first-order valence-electron chi connectivity index (χ1n) is 5.42. The molecule has 96 valence electrons. The zero-order valence-corrected chi connectivity index (χ0v) is 9.67. The van der Waals surface area contributed by atoms with Gasteiger partial charge in [-0.3, -0.25) is 4.90 Å². The van der Waals surface area contributed by atoms with Gasteiger partial charge in [0.05, 0.1) is 13.2 Å². The summed E-state index contributed by atoms with van der Waals surface area (Å²) in [5, 5.41) is 8.85. The van der Waals surface area contributed by atoms with Crippen molar-refractivity contribution < 1.29 is 18.3 Å². The highest BCUT2D eigenvalue weighted by atomic mass is 19.4. The molecule has 0 bridgehead atoms. The van der Waals surface area contributed by atoms with Crippen LogP contribution in [0.4, 0.5) is 13.2 Å². The third-order valence-electron chi connectivity index (χ3n) is 2.46. The van der Waals surface area contributed by atoms with Gasteiger partial charge in [0.15, 0.2) is 0 Å². The van der Waals surface area contributed by atoms with Crippen molar-refractivity contribution in [2.24, 2.45) is 0 Å². The number of hydrogen-bond acceptors (Lipinski definition) is 2. The van der Waals surface area contributed by atoms with E-state index in [1.165, 1.54) is 4.90 Å². The van der Waals surface area contributed by atoms with Crippen molar-refractivity contribution >= 4 is 0 Å². The molecule has 2 nitrogen and oxygen atoms in total. The van der Waals surface area contributed by atoms with Crippen LogP contribution in [-0.4, -0.2) is 29.3 Å². The molecule has 0 unspecified atom stereocenters. The number of hydrogen-bond donors (Lipinski definition) is 1. The van der Waals surface area contributed by atoms with E-state index in [4.69, 9.17) is 5.11 Å². The van der Waals surface area contributed by atoms with Crippen LogP contribution >= 0.6 is 0 Å². The SMILES string of the molecule is CCN(Cc1ccc(CO)cc1)CC(F)(F)F. The van der Waals surface area contributed by atoms with E-state index in [0.717, 1.165) is 11.1 Å². The smallest absolute Gasteiger partial charge is 0.392 e. The molecule has 0 radical (unpaired) electrons. The van der Waals surface area contributed by atoms with E-state index in [9.17, 15) is 13.2 Å². The Kier molecular flexibility index (Phi) is 4.96. The van der Waals surface area contributed by atoms with Crippen LogP contribution in [0.5, 0.6) is 0 Å². The zero-order chi connectivity index (χ0) is 12.9. The van der Waals surface area contributed by atoms with Crippen molar-refractivity contribution in [2.45, 2.75) is 26.3 Å². The molecule has 1 N–H and O–H groups in total. The molecule has 1 rings (SSSR count). The highest BCUT2D eigenvalue weighted by Crippen LogP contribution is 2.18. The third-order valence-corrected chi connectivity index (χ3v) is 2.46. The lowest BCUT2D eigenvalue weighted by atomic mass is 10.1. The standard InChI is InChI=1S/C12H16F3NO/c1-2-16(9-12(13,14)15)7-10-3-5-11(8-17)6-4-10/h3-6,17H,2,7-9H2,1H3. The molecule has 1 aromatic carbocycles. The van der Waals surface area contributed by atoms with E-state index < -0.39 is 12.7 Å². The van der Waals surface area contributed by atoms with Gasteiger partial charge in [-0.2, -0.15) is 13.2 Å². The fourth-order valence-electron chi connectivity index (χ4n) is 1.54. The van der Waals surface area contributed by atoms with E-state index in [1.54, 1.807) is 31.2 Å². The van der Waals surface area contributed by atoms with E-state index >= 15 is 0 Å². The number of alkyl halides is 3. The molecule has 0 atom stereocenters. The van der Waals surface area contributed by atoms with Crippen LogP contribution in [0.3, 0.4) is 0 Å². The van der Waals surface area contributed by atoms with Gasteiger partial charge < -0.3 is 5.11 Å². The molecule has 1 aromatic rings. The summed E-state index contributed by atoms with van der Waals surface area (Å²) in [6.07, 6.45) is -4.17. The van der Waals surface area contributed by atoms with Gasteiger partial charge in [0, 0.05) is 6.54 Å². The van der Waals surface area contributed by atoms with Crippen molar-refractivity contribution in [1.82, 2.24) is 4.90 Å². The third kappa shape index (κ3) is 5.19. The fourth-order valence-corrected chi connectivity index (χ4v) is 1.54. The van der Waals surface area contributed by atoms with Crippen LogP contribution < -0.4 is 0 Å². The lowest BCUT2D eigenvalue weighted by molar-refractivity contribution is -0.146. The molecule has 0 heterocycles. The zero-order valence-electron chi connectivity index (χ0n) is 9.67. The van der Waals surface area contributed by atoms with Gasteiger partial charge in [-0.25, -0.2) is 0 Å². The van der Waals surface area contributed by atoms with Crippen molar-refractivity contribution in [3.05, 3.63) is 35.4 Å². The minimum absolute atomic E-state index is 0.0552. The fraction of sp³-hybridized carbons (Fsp3) is 0.500. The average Bonchev–Trinajstić information content (AvgIpc) is 2.27. The van der Waals surface area contributed by atoms with Crippen LogP contribution in [0, 0.1) is 0 Å². The molecular formula is C12H16F3NO. The van der Waals surface area contributed by atoms with E-state index in [-0.39, 0.29) is 13.2 Å². The Morgan fingerprint density at radius 3 is 2.06 bits per heavy atom. The van der Waals surface area contributed by atoms with Crippen molar-refractivity contribution in [3.63, 3.8) is 0 Å². The van der Waals surface area contributed by atoms with Crippen molar-refractivity contribution in [3.8, 4) is 0 Å². The molecule has 0 aromatic heterocycles. The number of nitrogens with zero attached hydrogens (tertiary/aromatic N) is 1. The Morgan fingerprint density at radius 1 is 1.12 bits per heavy atom. The lowest BCUT2D eigenvalue weighted by Crippen LogP contribution is -2.33. The van der Waals surface area contributed by atoms with E-state index in [1.807, 2.05) is 0 Å². The van der Waals surface area contributed by atoms with Gasteiger partial charge in [0.1, 0.15) is 0 Å². The topological polar surface area (TPSA) is 23.5 Å². The number of aliphatic hydroxyl groups excluding tert-OH is 1. The molecule has 0 saturated heterocycles. The van der Waals surface area contributed by atoms with Crippen LogP contribution in [0.1, 0.15) is 18.1 Å². The monoisotopic (exact) mass is 247 g/mol. The first kappa shape index (κ1) is 14.0. The molecule has 0 aliphatic rings. The maximum absolute atomic E-state index is 12.2. The molecule has 0 amide bonds. The van der Waals surface area contributed by atoms with Gasteiger partial charge in [-0.15, -0.1) is 0 Å². The Balaban J connectivity index is 2.61. The van der Waals surface area contributed by atoms with Gasteiger partial charge in [0.25, 0.3) is 0 Å². The maximum Gasteiger partial charge on any atom is 0.401 e. The summed E-state index contributed by atoms with van der Waals surface area (Å²) in [5.41, 5.74) is 1.57. The molecule has 0 aliphatic heterocycles. The van der Waals surface area contributed by atoms with Crippen LogP contribution in [0.25, 0.3) is 0 Å². The minimum Gasteiger partial charge on any atom is -0.392 e. The van der Waals surface area contributed by atoms with Gasteiger partial charge in [0.2, 0.25) is 0 Å². The predicted molar refractivity (Wildman–Crippen MR) is 59.4 cm³/mol. The summed E-state index contributed by atoms with van der Waals surface area (Å²) >= 11 is 0. The Hall–Kier alpha value is -1.07. The second-order valence-corrected chi connectivity index (χ2v) is 3.89. The summed E-state index contributed by atoms with van der Waals surface area (Å²) in [7, 11) is 0. The molecular weight excluding hydrogens is 231 g/mol.